The highest BCUT2D eigenvalue weighted by molar-refractivity contribution is 5.80. The Morgan fingerprint density at radius 3 is 2.41 bits per heavy atom. The van der Waals surface area contributed by atoms with Crippen LogP contribution in [0, 0.1) is 20.8 Å². The minimum Gasteiger partial charge on any atom is -0.262 e. The molecule has 0 fully saturated rings. The molecule has 39 heavy (non-hydrogen) atoms. The number of allylic oxidation sites excluding steroid dienone is 8. The van der Waals surface area contributed by atoms with Gasteiger partial charge in [0, 0.05) is 12.5 Å². The Labute approximate surface area is 231 Å². The molecule has 3 heteroatoms. The topological polar surface area (TPSA) is 12.1 Å². The third-order valence-corrected chi connectivity index (χ3v) is 7.93. The van der Waals surface area contributed by atoms with Crippen LogP contribution in [0.25, 0.3) is 16.6 Å². The molecule has 2 aliphatic rings. The monoisotopic (exact) mass is 508 g/mol. The molecule has 2 aliphatic carbocycles. The highest BCUT2D eigenvalue weighted by atomic mass is 15.2. The van der Waals surface area contributed by atoms with Crippen LogP contribution in [-0.4, -0.2) is 11.6 Å². The molecule has 2 heterocycles. The van der Waals surface area contributed by atoms with E-state index in [9.17, 15) is 0 Å². The van der Waals surface area contributed by atoms with E-state index in [1.807, 2.05) is 12.2 Å². The molecule has 6 rings (SSSR count). The molecule has 0 saturated carbocycles. The van der Waals surface area contributed by atoms with Gasteiger partial charge in [0.1, 0.15) is 11.7 Å². The largest absolute Gasteiger partial charge is 0.262 e. The van der Waals surface area contributed by atoms with E-state index in [1.165, 1.54) is 55.7 Å². The van der Waals surface area contributed by atoms with Gasteiger partial charge in [-0.25, -0.2) is 4.57 Å². The number of anilines is 2. The van der Waals surface area contributed by atoms with E-state index in [-0.39, 0.29) is 6.04 Å². The zero-order valence-corrected chi connectivity index (χ0v) is 23.4. The minimum atomic E-state index is 0.177. The minimum absolute atomic E-state index is 0.177. The molecule has 2 aromatic carbocycles. The predicted octanol–water partition coefficient (Wildman–Crippen LogP) is 7.92. The molecule has 1 unspecified atom stereocenters. The van der Waals surface area contributed by atoms with E-state index >= 15 is 0 Å². The number of nitrogens with zero attached hydrogens (tertiary/aromatic N) is 3. The molecule has 0 amide bonds. The lowest BCUT2D eigenvalue weighted by atomic mass is 9.87. The maximum atomic E-state index is 3.15. The summed E-state index contributed by atoms with van der Waals surface area (Å²) in [4.78, 5) is 2.33. The number of aryl methyl sites for hydroxylation is 4. The van der Waals surface area contributed by atoms with Gasteiger partial charge in [-0.3, -0.25) is 9.47 Å². The van der Waals surface area contributed by atoms with Gasteiger partial charge >= 0.3 is 0 Å². The van der Waals surface area contributed by atoms with Crippen LogP contribution in [-0.2, 0) is 7.05 Å². The summed E-state index contributed by atoms with van der Waals surface area (Å²) >= 11 is 0. The zero-order valence-electron chi connectivity index (χ0n) is 23.4. The fourth-order valence-electron chi connectivity index (χ4n) is 6.28. The number of pyridine rings is 1. The lowest BCUT2D eigenvalue weighted by Crippen LogP contribution is -2.38. The van der Waals surface area contributed by atoms with Gasteiger partial charge in [0.05, 0.1) is 25.7 Å². The second kappa shape index (κ2) is 9.97. The Morgan fingerprint density at radius 2 is 1.69 bits per heavy atom. The molecule has 192 valence electrons. The molecule has 0 aliphatic heterocycles. The summed E-state index contributed by atoms with van der Waals surface area (Å²) in [6, 6.07) is 22.1. The van der Waals surface area contributed by atoms with Crippen LogP contribution in [0.3, 0.4) is 0 Å². The first-order valence-corrected chi connectivity index (χ1v) is 13.6. The summed E-state index contributed by atoms with van der Waals surface area (Å²) in [5, 5.41) is 1.24. The van der Waals surface area contributed by atoms with Crippen LogP contribution in [0.15, 0.2) is 120 Å². The van der Waals surface area contributed by atoms with Crippen molar-refractivity contribution in [2.75, 3.05) is 11.9 Å². The van der Waals surface area contributed by atoms with Crippen molar-refractivity contribution in [2.24, 2.45) is 7.05 Å². The van der Waals surface area contributed by atoms with Crippen molar-refractivity contribution in [2.45, 2.75) is 33.2 Å². The molecular weight excluding hydrogens is 474 g/mol. The number of hydrogen-bond donors (Lipinski definition) is 0. The van der Waals surface area contributed by atoms with E-state index in [1.54, 1.807) is 0 Å². The maximum Gasteiger partial charge on any atom is 0.236 e. The Kier molecular flexibility index (Phi) is 6.33. The van der Waals surface area contributed by atoms with Crippen molar-refractivity contribution >= 4 is 28.1 Å². The van der Waals surface area contributed by atoms with Crippen LogP contribution >= 0.6 is 0 Å². The van der Waals surface area contributed by atoms with E-state index in [2.05, 4.69) is 145 Å². The van der Waals surface area contributed by atoms with E-state index in [4.69, 9.17) is 0 Å². The SMILES string of the molecule is Cc1cc(C)c(N(C)c2ccc3ccn(C4C=C(c5ccccc5)C=C(C5=CC=C=C=C5)C4)c3[n+]2C)c(C)c1. The van der Waals surface area contributed by atoms with Gasteiger partial charge in [-0.1, -0.05) is 65.6 Å². The van der Waals surface area contributed by atoms with Gasteiger partial charge in [0.25, 0.3) is 0 Å². The van der Waals surface area contributed by atoms with Crippen molar-refractivity contribution in [1.29, 1.82) is 0 Å². The number of fused-ring (bicyclic) bond motifs is 1. The summed E-state index contributed by atoms with van der Waals surface area (Å²) in [6.45, 7) is 6.58. The Balaban J connectivity index is 1.47. The molecule has 3 nitrogen and oxygen atoms in total. The quantitative estimate of drug-likeness (QED) is 0.197. The van der Waals surface area contributed by atoms with Gasteiger partial charge in [0.15, 0.2) is 0 Å². The molecule has 2 aromatic heterocycles. The second-order valence-corrected chi connectivity index (χ2v) is 10.7. The van der Waals surface area contributed by atoms with Gasteiger partial charge in [-0.15, -0.1) is 0 Å². The van der Waals surface area contributed by atoms with Crippen LogP contribution in [0.5, 0.6) is 0 Å². The summed E-state index contributed by atoms with van der Waals surface area (Å²) in [5.74, 6) is 1.16. The first-order valence-electron chi connectivity index (χ1n) is 13.6. The summed E-state index contributed by atoms with van der Waals surface area (Å²) < 4.78 is 4.78. The van der Waals surface area contributed by atoms with E-state index in [0.29, 0.717) is 0 Å². The summed E-state index contributed by atoms with van der Waals surface area (Å²) in [5.41, 5.74) is 17.5. The molecule has 0 spiro atoms. The predicted molar refractivity (Wildman–Crippen MR) is 162 cm³/mol. The van der Waals surface area contributed by atoms with Crippen molar-refractivity contribution < 1.29 is 4.57 Å². The fraction of sp³-hybridized carbons (Fsp3) is 0.194. The summed E-state index contributed by atoms with van der Waals surface area (Å²) in [7, 11) is 4.36. The number of aromatic nitrogens is 2. The highest BCUT2D eigenvalue weighted by Gasteiger charge is 2.26. The lowest BCUT2D eigenvalue weighted by Gasteiger charge is -2.24. The Morgan fingerprint density at radius 1 is 0.923 bits per heavy atom. The van der Waals surface area contributed by atoms with Crippen molar-refractivity contribution in [3.63, 3.8) is 0 Å². The number of hydrogen-bond acceptors (Lipinski definition) is 1. The lowest BCUT2D eigenvalue weighted by molar-refractivity contribution is -0.634. The number of rotatable bonds is 5. The van der Waals surface area contributed by atoms with Gasteiger partial charge < -0.3 is 0 Å². The molecular formula is C36H34N3+. The second-order valence-electron chi connectivity index (χ2n) is 10.7. The number of benzene rings is 2. The normalized spacial score (nSPS) is 16.3. The Hall–Kier alpha value is -4.55. The van der Waals surface area contributed by atoms with E-state index < -0.39 is 0 Å². The summed E-state index contributed by atoms with van der Waals surface area (Å²) in [6.07, 6.45) is 14.0. The molecule has 0 radical (unpaired) electrons. The van der Waals surface area contributed by atoms with Gasteiger partial charge in [-0.2, -0.15) is 0 Å². The first-order chi connectivity index (χ1) is 18.9. The van der Waals surface area contributed by atoms with Gasteiger partial charge in [-0.05, 0) is 90.6 Å². The van der Waals surface area contributed by atoms with Crippen LogP contribution < -0.4 is 9.47 Å². The van der Waals surface area contributed by atoms with Crippen molar-refractivity contribution in [3.05, 3.63) is 142 Å². The third-order valence-electron chi connectivity index (χ3n) is 7.93. The third kappa shape index (κ3) is 4.53. The average molecular weight is 509 g/mol. The standard InChI is InChI=1S/C36H34N3/c1-25-20-26(2)35(27(3)21-25)37(4)34-17-16-30-18-19-39(36(30)38(34)5)33-23-31(28-12-8-6-9-13-28)22-32(24-33)29-14-10-7-11-15-29/h6,8-10,12-23,33H,24H2,1-5H3/q+1. The van der Waals surface area contributed by atoms with Crippen LogP contribution in [0.4, 0.5) is 11.5 Å². The smallest absolute Gasteiger partial charge is 0.236 e. The van der Waals surface area contributed by atoms with Gasteiger partial charge in [0.2, 0.25) is 11.5 Å². The Bertz CT molecular complexity index is 1770. The van der Waals surface area contributed by atoms with Crippen molar-refractivity contribution in [3.8, 4) is 0 Å². The molecule has 0 N–H and O–H groups in total. The first kappa shape index (κ1) is 24.8. The average Bonchev–Trinajstić information content (AvgIpc) is 3.39. The fourth-order valence-corrected chi connectivity index (χ4v) is 6.28. The molecule has 1 atom stereocenters. The molecule has 4 aromatic rings. The molecule has 0 bridgehead atoms. The van der Waals surface area contributed by atoms with E-state index in [0.717, 1.165) is 12.2 Å². The van der Waals surface area contributed by atoms with Crippen LogP contribution in [0.2, 0.25) is 0 Å². The molecule has 0 saturated heterocycles. The zero-order chi connectivity index (χ0) is 27.1. The maximum absolute atomic E-state index is 3.15. The highest BCUT2D eigenvalue weighted by Crippen LogP contribution is 2.37. The van der Waals surface area contributed by atoms with Crippen molar-refractivity contribution in [1.82, 2.24) is 4.57 Å². The van der Waals surface area contributed by atoms with Crippen LogP contribution in [0.1, 0.15) is 34.7 Å².